The fourth-order valence-corrected chi connectivity index (χ4v) is 1.44. The van der Waals surface area contributed by atoms with Crippen molar-refractivity contribution in [2.45, 2.75) is 0 Å². The number of hydrogen-bond donors (Lipinski definition) is 1. The summed E-state index contributed by atoms with van der Waals surface area (Å²) < 4.78 is 5.05. The van der Waals surface area contributed by atoms with Crippen LogP contribution in [0.4, 0.5) is 5.82 Å². The van der Waals surface area contributed by atoms with Crippen molar-refractivity contribution >= 4 is 23.3 Å². The van der Waals surface area contributed by atoms with Crippen molar-refractivity contribution < 1.29 is 9.53 Å². The molecule has 0 radical (unpaired) electrons. The van der Waals surface area contributed by atoms with Gasteiger partial charge in [0.25, 0.3) is 5.91 Å². The van der Waals surface area contributed by atoms with Crippen molar-refractivity contribution in [2.24, 2.45) is 0 Å². The highest BCUT2D eigenvalue weighted by molar-refractivity contribution is 6.29. The largest absolute Gasteiger partial charge is 0.497 e. The Labute approximate surface area is 109 Å². The van der Waals surface area contributed by atoms with E-state index in [1.54, 1.807) is 43.5 Å². The van der Waals surface area contributed by atoms with Crippen LogP contribution in [0.5, 0.6) is 5.75 Å². The summed E-state index contributed by atoms with van der Waals surface area (Å²) in [6.45, 7) is 0. The molecule has 0 spiro atoms. The molecule has 0 aliphatic rings. The fourth-order valence-electron chi connectivity index (χ4n) is 1.34. The summed E-state index contributed by atoms with van der Waals surface area (Å²) in [6.07, 6.45) is 0. The lowest BCUT2D eigenvalue weighted by Gasteiger charge is -2.05. The van der Waals surface area contributed by atoms with Gasteiger partial charge in [0.2, 0.25) is 0 Å². The van der Waals surface area contributed by atoms with Crippen molar-refractivity contribution in [3.05, 3.63) is 47.1 Å². The molecule has 0 atom stereocenters. The number of carbonyl (C=O) groups is 1. The average Bonchev–Trinajstić information content (AvgIpc) is 2.41. The second-order valence-electron chi connectivity index (χ2n) is 3.43. The average molecular weight is 264 g/mol. The molecule has 5 nitrogen and oxygen atoms in total. The highest BCUT2D eigenvalue weighted by Crippen LogP contribution is 2.14. The first-order chi connectivity index (χ1) is 8.69. The Bertz CT molecular complexity index is 558. The minimum atomic E-state index is -0.287. The van der Waals surface area contributed by atoms with Crippen molar-refractivity contribution in [2.75, 3.05) is 12.4 Å². The van der Waals surface area contributed by atoms with Gasteiger partial charge in [0, 0.05) is 5.56 Å². The van der Waals surface area contributed by atoms with E-state index in [1.165, 1.54) is 0 Å². The first-order valence-corrected chi connectivity index (χ1v) is 5.51. The molecule has 0 saturated carbocycles. The number of rotatable bonds is 3. The standard InChI is InChI=1S/C12H10ClN3O2/c1-18-9-4-2-3-8(7-9)12(17)14-11-6-5-10(13)15-16-11/h2-7H,1H3,(H,14,16,17). The molecule has 2 rings (SSSR count). The van der Waals surface area contributed by atoms with Gasteiger partial charge in [-0.3, -0.25) is 4.79 Å². The topological polar surface area (TPSA) is 64.1 Å². The van der Waals surface area contributed by atoms with Gasteiger partial charge in [0.05, 0.1) is 7.11 Å². The molecule has 0 fully saturated rings. The third-order valence-electron chi connectivity index (χ3n) is 2.21. The number of nitrogens with zero attached hydrogens (tertiary/aromatic N) is 2. The van der Waals surface area contributed by atoms with E-state index in [4.69, 9.17) is 16.3 Å². The van der Waals surface area contributed by atoms with Crippen LogP contribution >= 0.6 is 11.6 Å². The zero-order chi connectivity index (χ0) is 13.0. The van der Waals surface area contributed by atoms with Gasteiger partial charge in [-0.2, -0.15) is 0 Å². The van der Waals surface area contributed by atoms with E-state index >= 15 is 0 Å². The van der Waals surface area contributed by atoms with Gasteiger partial charge in [0.1, 0.15) is 5.75 Å². The Morgan fingerprint density at radius 3 is 2.78 bits per heavy atom. The van der Waals surface area contributed by atoms with Crippen LogP contribution in [0.15, 0.2) is 36.4 Å². The number of nitrogens with one attached hydrogen (secondary N) is 1. The van der Waals surface area contributed by atoms with E-state index in [0.29, 0.717) is 17.1 Å². The molecule has 1 aromatic carbocycles. The third-order valence-corrected chi connectivity index (χ3v) is 2.41. The van der Waals surface area contributed by atoms with Crippen molar-refractivity contribution in [3.8, 4) is 5.75 Å². The number of carbonyl (C=O) groups excluding carboxylic acids is 1. The maximum Gasteiger partial charge on any atom is 0.256 e. The lowest BCUT2D eigenvalue weighted by atomic mass is 10.2. The minimum Gasteiger partial charge on any atom is -0.497 e. The van der Waals surface area contributed by atoms with Crippen LogP contribution in [-0.2, 0) is 0 Å². The zero-order valence-corrected chi connectivity index (χ0v) is 10.3. The molecule has 18 heavy (non-hydrogen) atoms. The van der Waals surface area contributed by atoms with E-state index in [1.807, 2.05) is 0 Å². The summed E-state index contributed by atoms with van der Waals surface area (Å²) in [5.74, 6) is 0.669. The van der Waals surface area contributed by atoms with Crippen LogP contribution in [0, 0.1) is 0 Å². The first-order valence-electron chi connectivity index (χ1n) is 5.13. The Kier molecular flexibility index (Phi) is 3.74. The van der Waals surface area contributed by atoms with Gasteiger partial charge < -0.3 is 10.1 Å². The number of aromatic nitrogens is 2. The molecule has 1 N–H and O–H groups in total. The summed E-state index contributed by atoms with van der Waals surface area (Å²) in [7, 11) is 1.54. The van der Waals surface area contributed by atoms with Crippen LogP contribution < -0.4 is 10.1 Å². The van der Waals surface area contributed by atoms with E-state index in [-0.39, 0.29) is 11.1 Å². The van der Waals surface area contributed by atoms with Crippen molar-refractivity contribution in [1.29, 1.82) is 0 Å². The van der Waals surface area contributed by atoms with E-state index in [9.17, 15) is 4.79 Å². The Morgan fingerprint density at radius 2 is 2.11 bits per heavy atom. The van der Waals surface area contributed by atoms with E-state index in [0.717, 1.165) is 0 Å². The summed E-state index contributed by atoms with van der Waals surface area (Å²) in [6, 6.07) is 9.95. The van der Waals surface area contributed by atoms with Crippen LogP contribution in [0.25, 0.3) is 0 Å². The minimum absolute atomic E-state index is 0.273. The number of ether oxygens (including phenoxy) is 1. The van der Waals surface area contributed by atoms with Crippen LogP contribution in [0.2, 0.25) is 5.15 Å². The van der Waals surface area contributed by atoms with E-state index in [2.05, 4.69) is 15.5 Å². The maximum atomic E-state index is 11.9. The zero-order valence-electron chi connectivity index (χ0n) is 9.55. The predicted octanol–water partition coefficient (Wildman–Crippen LogP) is 2.39. The number of halogens is 1. The van der Waals surface area contributed by atoms with Crippen LogP contribution in [-0.4, -0.2) is 23.2 Å². The predicted molar refractivity (Wildman–Crippen MR) is 68.0 cm³/mol. The molecule has 6 heteroatoms. The fraction of sp³-hybridized carbons (Fsp3) is 0.0833. The highest BCUT2D eigenvalue weighted by atomic mass is 35.5. The molecule has 0 aliphatic heterocycles. The normalized spacial score (nSPS) is 9.89. The molecule has 92 valence electrons. The highest BCUT2D eigenvalue weighted by Gasteiger charge is 2.07. The molecule has 0 saturated heterocycles. The number of amides is 1. The van der Waals surface area contributed by atoms with Gasteiger partial charge >= 0.3 is 0 Å². The second kappa shape index (κ2) is 5.46. The molecule has 1 heterocycles. The lowest BCUT2D eigenvalue weighted by Crippen LogP contribution is -2.13. The number of methoxy groups -OCH3 is 1. The first kappa shape index (κ1) is 12.3. The lowest BCUT2D eigenvalue weighted by molar-refractivity contribution is 0.102. The second-order valence-corrected chi connectivity index (χ2v) is 3.81. The van der Waals surface area contributed by atoms with Gasteiger partial charge in [-0.05, 0) is 30.3 Å². The SMILES string of the molecule is COc1cccc(C(=O)Nc2ccc(Cl)nn2)c1. The van der Waals surface area contributed by atoms with Gasteiger partial charge in [0.15, 0.2) is 11.0 Å². The Morgan fingerprint density at radius 1 is 1.28 bits per heavy atom. The van der Waals surface area contributed by atoms with Gasteiger partial charge in [-0.1, -0.05) is 17.7 Å². The Hall–Kier alpha value is -2.14. The Balaban J connectivity index is 2.14. The van der Waals surface area contributed by atoms with E-state index < -0.39 is 0 Å². The number of anilines is 1. The summed E-state index contributed by atoms with van der Waals surface area (Å²) in [5.41, 5.74) is 0.478. The molecule has 0 bridgehead atoms. The molecule has 0 unspecified atom stereocenters. The summed E-state index contributed by atoms with van der Waals surface area (Å²) in [4.78, 5) is 11.9. The summed E-state index contributed by atoms with van der Waals surface area (Å²) >= 11 is 5.60. The molecular formula is C12H10ClN3O2. The molecule has 1 amide bonds. The van der Waals surface area contributed by atoms with Crippen molar-refractivity contribution in [1.82, 2.24) is 10.2 Å². The quantitative estimate of drug-likeness (QED) is 0.923. The number of hydrogen-bond acceptors (Lipinski definition) is 4. The third kappa shape index (κ3) is 2.95. The van der Waals surface area contributed by atoms with Crippen LogP contribution in [0.1, 0.15) is 10.4 Å². The molecular weight excluding hydrogens is 254 g/mol. The van der Waals surface area contributed by atoms with Gasteiger partial charge in [-0.15, -0.1) is 10.2 Å². The molecule has 1 aromatic heterocycles. The van der Waals surface area contributed by atoms with Crippen molar-refractivity contribution in [3.63, 3.8) is 0 Å². The smallest absolute Gasteiger partial charge is 0.256 e. The van der Waals surface area contributed by atoms with Gasteiger partial charge in [-0.25, -0.2) is 0 Å². The molecule has 0 aliphatic carbocycles. The molecule has 2 aromatic rings. The van der Waals surface area contributed by atoms with Crippen LogP contribution in [0.3, 0.4) is 0 Å². The monoisotopic (exact) mass is 263 g/mol. The maximum absolute atomic E-state index is 11.9. The number of benzene rings is 1. The summed E-state index contributed by atoms with van der Waals surface area (Å²) in [5, 5.41) is 10.3.